The standard InChI is InChI=1S/C22H28O2/c1-3-7-20(8-4-1)17-23-16-15-19-11-13-22(14-12-19)24-18-21-9-5-2-6-10-21/h2,5-6,9-14,20H,1,3-4,7-8,15-18H2. The van der Waals surface area contributed by atoms with Gasteiger partial charge in [-0.15, -0.1) is 0 Å². The topological polar surface area (TPSA) is 18.5 Å². The maximum atomic E-state index is 5.88. The van der Waals surface area contributed by atoms with Crippen LogP contribution in [0.2, 0.25) is 0 Å². The van der Waals surface area contributed by atoms with Crippen LogP contribution in [0, 0.1) is 5.92 Å². The van der Waals surface area contributed by atoms with Crippen LogP contribution >= 0.6 is 0 Å². The summed E-state index contributed by atoms with van der Waals surface area (Å²) in [5.74, 6) is 1.72. The minimum Gasteiger partial charge on any atom is -0.489 e. The summed E-state index contributed by atoms with van der Waals surface area (Å²) >= 11 is 0. The molecule has 0 heterocycles. The normalized spacial score (nSPS) is 15.3. The average Bonchev–Trinajstić information content (AvgIpc) is 2.66. The van der Waals surface area contributed by atoms with E-state index in [1.165, 1.54) is 43.2 Å². The Morgan fingerprint density at radius 1 is 0.792 bits per heavy atom. The van der Waals surface area contributed by atoms with Crippen LogP contribution in [0.25, 0.3) is 0 Å². The van der Waals surface area contributed by atoms with Crippen molar-refractivity contribution >= 4 is 0 Å². The van der Waals surface area contributed by atoms with Gasteiger partial charge in [0.25, 0.3) is 0 Å². The molecule has 0 atom stereocenters. The molecule has 0 aromatic heterocycles. The highest BCUT2D eigenvalue weighted by Gasteiger charge is 2.12. The quantitative estimate of drug-likeness (QED) is 0.605. The molecule has 2 heteroatoms. The summed E-state index contributed by atoms with van der Waals surface area (Å²) < 4.78 is 11.7. The minimum absolute atomic E-state index is 0.616. The number of hydrogen-bond donors (Lipinski definition) is 0. The molecular weight excluding hydrogens is 296 g/mol. The summed E-state index contributed by atoms with van der Waals surface area (Å²) in [6, 6.07) is 18.7. The molecule has 1 aliphatic rings. The van der Waals surface area contributed by atoms with Crippen molar-refractivity contribution in [1.29, 1.82) is 0 Å². The molecule has 0 amide bonds. The van der Waals surface area contributed by atoms with Crippen molar-refractivity contribution in [2.75, 3.05) is 13.2 Å². The van der Waals surface area contributed by atoms with E-state index in [1.54, 1.807) is 0 Å². The first kappa shape index (κ1) is 17.0. The molecule has 1 saturated carbocycles. The van der Waals surface area contributed by atoms with Gasteiger partial charge in [-0.05, 0) is 48.4 Å². The molecule has 0 saturated heterocycles. The van der Waals surface area contributed by atoms with Gasteiger partial charge in [0.15, 0.2) is 0 Å². The Morgan fingerprint density at radius 2 is 1.54 bits per heavy atom. The average molecular weight is 324 g/mol. The second-order valence-corrected chi connectivity index (χ2v) is 6.75. The van der Waals surface area contributed by atoms with Crippen molar-refractivity contribution in [2.45, 2.75) is 45.1 Å². The fraction of sp³-hybridized carbons (Fsp3) is 0.455. The predicted molar refractivity (Wildman–Crippen MR) is 98.3 cm³/mol. The monoisotopic (exact) mass is 324 g/mol. The lowest BCUT2D eigenvalue weighted by Gasteiger charge is -2.21. The fourth-order valence-corrected chi connectivity index (χ4v) is 3.29. The van der Waals surface area contributed by atoms with Crippen LogP contribution < -0.4 is 4.74 Å². The number of rotatable bonds is 8. The highest BCUT2D eigenvalue weighted by molar-refractivity contribution is 5.28. The van der Waals surface area contributed by atoms with Gasteiger partial charge >= 0.3 is 0 Å². The number of ether oxygens (including phenoxy) is 2. The molecule has 0 bridgehead atoms. The van der Waals surface area contributed by atoms with Crippen molar-refractivity contribution in [3.63, 3.8) is 0 Å². The van der Waals surface area contributed by atoms with Crippen LogP contribution in [0.4, 0.5) is 0 Å². The largest absolute Gasteiger partial charge is 0.489 e. The zero-order valence-electron chi connectivity index (χ0n) is 14.5. The van der Waals surface area contributed by atoms with E-state index < -0.39 is 0 Å². The smallest absolute Gasteiger partial charge is 0.119 e. The second-order valence-electron chi connectivity index (χ2n) is 6.75. The van der Waals surface area contributed by atoms with Crippen LogP contribution in [0.1, 0.15) is 43.2 Å². The maximum absolute atomic E-state index is 5.88. The molecule has 24 heavy (non-hydrogen) atoms. The molecule has 128 valence electrons. The third-order valence-electron chi connectivity index (χ3n) is 4.79. The van der Waals surface area contributed by atoms with Gasteiger partial charge in [-0.1, -0.05) is 61.7 Å². The lowest BCUT2D eigenvalue weighted by molar-refractivity contribution is 0.0874. The van der Waals surface area contributed by atoms with Gasteiger partial charge in [0, 0.05) is 6.61 Å². The van der Waals surface area contributed by atoms with Crippen molar-refractivity contribution in [3.8, 4) is 5.75 Å². The Kier molecular flexibility index (Phi) is 6.73. The van der Waals surface area contributed by atoms with Crippen molar-refractivity contribution in [1.82, 2.24) is 0 Å². The summed E-state index contributed by atoms with van der Waals surface area (Å²) in [7, 11) is 0. The van der Waals surface area contributed by atoms with Crippen molar-refractivity contribution in [2.24, 2.45) is 5.92 Å². The lowest BCUT2D eigenvalue weighted by Crippen LogP contribution is -2.14. The molecule has 1 aliphatic carbocycles. The van der Waals surface area contributed by atoms with Crippen LogP contribution in [-0.2, 0) is 17.8 Å². The summed E-state index contributed by atoms with van der Waals surface area (Å²) in [5, 5.41) is 0. The summed E-state index contributed by atoms with van der Waals surface area (Å²) in [6.45, 7) is 2.38. The van der Waals surface area contributed by atoms with Crippen molar-refractivity contribution < 1.29 is 9.47 Å². The predicted octanol–water partition coefficient (Wildman–Crippen LogP) is 5.41. The molecular formula is C22H28O2. The summed E-state index contributed by atoms with van der Waals surface area (Å²) in [6.07, 6.45) is 7.87. The molecule has 3 rings (SSSR count). The first-order valence-corrected chi connectivity index (χ1v) is 9.23. The van der Waals surface area contributed by atoms with E-state index >= 15 is 0 Å². The van der Waals surface area contributed by atoms with E-state index in [2.05, 4.69) is 36.4 Å². The Balaban J connectivity index is 1.35. The Hall–Kier alpha value is -1.80. The van der Waals surface area contributed by atoms with E-state index in [-0.39, 0.29) is 0 Å². The zero-order chi connectivity index (χ0) is 16.5. The first-order valence-electron chi connectivity index (χ1n) is 9.23. The molecule has 2 nitrogen and oxygen atoms in total. The van der Waals surface area contributed by atoms with Gasteiger partial charge in [0.2, 0.25) is 0 Å². The molecule has 2 aromatic carbocycles. The van der Waals surface area contributed by atoms with E-state index in [0.29, 0.717) is 6.61 Å². The van der Waals surface area contributed by atoms with Crippen molar-refractivity contribution in [3.05, 3.63) is 65.7 Å². The second kappa shape index (κ2) is 9.48. The van der Waals surface area contributed by atoms with E-state index in [1.807, 2.05) is 18.2 Å². The van der Waals surface area contributed by atoms with E-state index in [9.17, 15) is 0 Å². The fourth-order valence-electron chi connectivity index (χ4n) is 3.29. The van der Waals surface area contributed by atoms with Crippen LogP contribution in [0.5, 0.6) is 5.75 Å². The van der Waals surface area contributed by atoms with Gasteiger partial charge in [0.1, 0.15) is 12.4 Å². The lowest BCUT2D eigenvalue weighted by atomic mass is 9.90. The number of benzene rings is 2. The molecule has 2 aromatic rings. The molecule has 0 N–H and O–H groups in total. The van der Waals surface area contributed by atoms with Gasteiger partial charge < -0.3 is 9.47 Å². The molecule has 0 radical (unpaired) electrons. The molecule has 1 fully saturated rings. The zero-order valence-corrected chi connectivity index (χ0v) is 14.5. The van der Waals surface area contributed by atoms with Gasteiger partial charge in [-0.3, -0.25) is 0 Å². The molecule has 0 unspecified atom stereocenters. The third kappa shape index (κ3) is 5.68. The Labute approximate surface area is 145 Å². The van der Waals surface area contributed by atoms with Crippen LogP contribution in [0.15, 0.2) is 54.6 Å². The highest BCUT2D eigenvalue weighted by Crippen LogP contribution is 2.23. The van der Waals surface area contributed by atoms with Gasteiger partial charge in [0.05, 0.1) is 6.61 Å². The first-order chi connectivity index (χ1) is 11.9. The van der Waals surface area contributed by atoms with Crippen LogP contribution in [0.3, 0.4) is 0 Å². The van der Waals surface area contributed by atoms with Crippen LogP contribution in [-0.4, -0.2) is 13.2 Å². The van der Waals surface area contributed by atoms with E-state index in [4.69, 9.17) is 9.47 Å². The third-order valence-corrected chi connectivity index (χ3v) is 4.79. The van der Waals surface area contributed by atoms with E-state index in [0.717, 1.165) is 31.3 Å². The number of hydrogen-bond acceptors (Lipinski definition) is 2. The van der Waals surface area contributed by atoms with Gasteiger partial charge in [-0.2, -0.15) is 0 Å². The molecule has 0 aliphatic heterocycles. The Bertz CT molecular complexity index is 571. The molecule has 0 spiro atoms. The maximum Gasteiger partial charge on any atom is 0.119 e. The summed E-state index contributed by atoms with van der Waals surface area (Å²) in [5.41, 5.74) is 2.50. The highest BCUT2D eigenvalue weighted by atomic mass is 16.5. The summed E-state index contributed by atoms with van der Waals surface area (Å²) in [4.78, 5) is 0. The SMILES string of the molecule is c1ccc(COc2ccc(CCOCC3CCCCC3)cc2)cc1. The van der Waals surface area contributed by atoms with Gasteiger partial charge in [-0.25, -0.2) is 0 Å². The Morgan fingerprint density at radius 3 is 2.29 bits per heavy atom. The minimum atomic E-state index is 0.616.